The number of benzene rings is 2. The van der Waals surface area contributed by atoms with Crippen LogP contribution in [0.15, 0.2) is 60.7 Å². The Kier molecular flexibility index (Phi) is 6.14. The molecule has 4 rings (SSSR count). The van der Waals surface area contributed by atoms with E-state index >= 15 is 0 Å². The fourth-order valence-corrected chi connectivity index (χ4v) is 4.03. The summed E-state index contributed by atoms with van der Waals surface area (Å²) >= 11 is 0. The van der Waals surface area contributed by atoms with Gasteiger partial charge in [-0.2, -0.15) is 5.10 Å². The second-order valence-electron chi connectivity index (χ2n) is 7.66. The van der Waals surface area contributed by atoms with Gasteiger partial charge < -0.3 is 10.1 Å². The topological polar surface area (TPSA) is 59.4 Å². The van der Waals surface area contributed by atoms with E-state index in [-0.39, 0.29) is 11.9 Å². The molecule has 0 spiro atoms. The van der Waals surface area contributed by atoms with E-state index in [9.17, 15) is 4.79 Å². The minimum absolute atomic E-state index is 0.139. The number of likely N-dealkylation sites (tertiary alicyclic amines) is 1. The van der Waals surface area contributed by atoms with E-state index in [4.69, 9.17) is 4.74 Å². The molecule has 156 valence electrons. The molecule has 0 aliphatic carbocycles. The molecule has 1 aliphatic heterocycles. The van der Waals surface area contributed by atoms with E-state index in [1.54, 1.807) is 11.8 Å². The minimum atomic E-state index is -0.148. The number of aryl methyl sites for hydroxylation is 1. The lowest BCUT2D eigenvalue weighted by Gasteiger charge is -2.28. The first-order valence-corrected chi connectivity index (χ1v) is 10.4. The number of carbonyl (C=O) groups is 1. The Morgan fingerprint density at radius 3 is 2.47 bits per heavy atom. The van der Waals surface area contributed by atoms with Crippen molar-refractivity contribution < 1.29 is 9.53 Å². The highest BCUT2D eigenvalue weighted by atomic mass is 16.5. The number of amides is 1. The average molecular weight is 405 g/mol. The zero-order chi connectivity index (χ0) is 20.9. The molecule has 1 fully saturated rings. The molecule has 2 aromatic carbocycles. The number of nitrogens with one attached hydrogen (secondary N) is 1. The lowest BCUT2D eigenvalue weighted by molar-refractivity contribution is 0.0932. The van der Waals surface area contributed by atoms with Crippen LogP contribution in [-0.4, -0.2) is 47.3 Å². The number of carbonyl (C=O) groups excluding carboxylic acids is 1. The van der Waals surface area contributed by atoms with Gasteiger partial charge in [-0.3, -0.25) is 9.69 Å². The summed E-state index contributed by atoms with van der Waals surface area (Å²) in [6, 6.07) is 20.0. The van der Waals surface area contributed by atoms with E-state index in [1.165, 1.54) is 18.4 Å². The molecule has 0 bridgehead atoms. The van der Waals surface area contributed by atoms with Crippen LogP contribution in [0.4, 0.5) is 0 Å². The van der Waals surface area contributed by atoms with Gasteiger partial charge >= 0.3 is 0 Å². The van der Waals surface area contributed by atoms with Crippen molar-refractivity contribution in [3.8, 4) is 11.4 Å². The third-order valence-electron chi connectivity index (χ3n) is 5.66. The zero-order valence-corrected chi connectivity index (χ0v) is 17.5. The van der Waals surface area contributed by atoms with Crippen LogP contribution < -0.4 is 10.1 Å². The molecule has 30 heavy (non-hydrogen) atoms. The number of ether oxygens (including phenoxy) is 1. The van der Waals surface area contributed by atoms with Crippen LogP contribution in [-0.2, 0) is 0 Å². The Morgan fingerprint density at radius 1 is 1.10 bits per heavy atom. The molecule has 6 heteroatoms. The number of rotatable bonds is 7. The fourth-order valence-electron chi connectivity index (χ4n) is 4.03. The highest BCUT2D eigenvalue weighted by molar-refractivity contribution is 5.92. The number of hydrogen-bond donors (Lipinski definition) is 1. The van der Waals surface area contributed by atoms with Crippen molar-refractivity contribution >= 4 is 5.91 Å². The predicted octanol–water partition coefficient (Wildman–Crippen LogP) is 3.76. The predicted molar refractivity (Wildman–Crippen MR) is 117 cm³/mol. The van der Waals surface area contributed by atoms with E-state index in [0.717, 1.165) is 30.2 Å². The van der Waals surface area contributed by atoms with Crippen molar-refractivity contribution in [2.45, 2.75) is 25.8 Å². The standard InChI is InChI=1S/C24H28N4O2/c1-18-16-22(26-28(18)20-8-4-3-5-9-20)24(29)25-17-23(27-14-6-7-15-27)19-10-12-21(30-2)13-11-19/h3-5,8-13,16,23H,6-7,14-15,17H2,1-2H3,(H,25,29). The molecular weight excluding hydrogens is 376 g/mol. The summed E-state index contributed by atoms with van der Waals surface area (Å²) < 4.78 is 7.09. The normalized spacial score (nSPS) is 15.1. The van der Waals surface area contributed by atoms with E-state index < -0.39 is 0 Å². The Labute approximate surface area is 177 Å². The molecular formula is C24H28N4O2. The third kappa shape index (κ3) is 4.39. The third-order valence-corrected chi connectivity index (χ3v) is 5.66. The summed E-state index contributed by atoms with van der Waals surface area (Å²) in [5, 5.41) is 7.63. The molecule has 1 atom stereocenters. The zero-order valence-electron chi connectivity index (χ0n) is 17.5. The number of methoxy groups -OCH3 is 1. The fraction of sp³-hybridized carbons (Fsp3) is 0.333. The van der Waals surface area contributed by atoms with Gasteiger partial charge in [0.05, 0.1) is 18.8 Å². The molecule has 2 heterocycles. The van der Waals surface area contributed by atoms with Crippen LogP contribution >= 0.6 is 0 Å². The maximum Gasteiger partial charge on any atom is 0.271 e. The summed E-state index contributed by atoms with van der Waals surface area (Å²) in [6.07, 6.45) is 2.39. The highest BCUT2D eigenvalue weighted by Gasteiger charge is 2.24. The van der Waals surface area contributed by atoms with Crippen molar-refractivity contribution in [1.29, 1.82) is 0 Å². The van der Waals surface area contributed by atoms with Crippen LogP contribution in [0.1, 0.15) is 40.6 Å². The Balaban J connectivity index is 1.48. The molecule has 1 unspecified atom stereocenters. The van der Waals surface area contributed by atoms with Gasteiger partial charge in [-0.15, -0.1) is 0 Å². The molecule has 6 nitrogen and oxygen atoms in total. The van der Waals surface area contributed by atoms with Crippen molar-refractivity contribution in [2.75, 3.05) is 26.7 Å². The van der Waals surface area contributed by atoms with Crippen molar-refractivity contribution in [3.05, 3.63) is 77.6 Å². The van der Waals surface area contributed by atoms with Crippen LogP contribution in [0.2, 0.25) is 0 Å². The first kappa shape index (κ1) is 20.2. The first-order chi connectivity index (χ1) is 14.7. The van der Waals surface area contributed by atoms with Gasteiger partial charge in [0.1, 0.15) is 5.75 Å². The highest BCUT2D eigenvalue weighted by Crippen LogP contribution is 2.26. The van der Waals surface area contributed by atoms with Crippen molar-refractivity contribution in [3.63, 3.8) is 0 Å². The van der Waals surface area contributed by atoms with E-state index in [0.29, 0.717) is 12.2 Å². The minimum Gasteiger partial charge on any atom is -0.497 e. The number of nitrogens with zero attached hydrogens (tertiary/aromatic N) is 3. The average Bonchev–Trinajstić information content (AvgIpc) is 3.45. The van der Waals surface area contributed by atoms with Crippen LogP contribution in [0.25, 0.3) is 5.69 Å². The van der Waals surface area contributed by atoms with Gasteiger partial charge in [0.15, 0.2) is 5.69 Å². The molecule has 3 aromatic rings. The maximum absolute atomic E-state index is 12.9. The number of hydrogen-bond acceptors (Lipinski definition) is 4. The second kappa shape index (κ2) is 9.13. The largest absolute Gasteiger partial charge is 0.497 e. The summed E-state index contributed by atoms with van der Waals surface area (Å²) in [4.78, 5) is 15.3. The number of para-hydroxylation sites is 1. The van der Waals surface area contributed by atoms with Crippen molar-refractivity contribution in [2.24, 2.45) is 0 Å². The monoisotopic (exact) mass is 404 g/mol. The molecule has 1 saturated heterocycles. The van der Waals surface area contributed by atoms with Crippen LogP contribution in [0, 0.1) is 6.92 Å². The summed E-state index contributed by atoms with van der Waals surface area (Å²) in [6.45, 7) is 4.60. The molecule has 0 saturated carbocycles. The first-order valence-electron chi connectivity index (χ1n) is 10.4. The smallest absolute Gasteiger partial charge is 0.271 e. The van der Waals surface area contributed by atoms with Gasteiger partial charge in [-0.05, 0) is 68.8 Å². The lowest BCUT2D eigenvalue weighted by Crippen LogP contribution is -2.37. The summed E-state index contributed by atoms with van der Waals surface area (Å²) in [7, 11) is 1.67. The SMILES string of the molecule is COc1ccc(C(CNC(=O)c2cc(C)n(-c3ccccc3)n2)N2CCCC2)cc1. The lowest BCUT2D eigenvalue weighted by atomic mass is 10.1. The Hall–Kier alpha value is -3.12. The maximum atomic E-state index is 12.9. The molecule has 1 aliphatic rings. The van der Waals surface area contributed by atoms with Gasteiger partial charge in [-0.25, -0.2) is 4.68 Å². The molecule has 1 aromatic heterocycles. The van der Waals surface area contributed by atoms with Crippen molar-refractivity contribution in [1.82, 2.24) is 20.0 Å². The Bertz CT molecular complexity index is 976. The van der Waals surface area contributed by atoms with Crippen LogP contribution in [0.5, 0.6) is 5.75 Å². The summed E-state index contributed by atoms with van der Waals surface area (Å²) in [5.41, 5.74) is 3.50. The van der Waals surface area contributed by atoms with Gasteiger partial charge in [0, 0.05) is 12.2 Å². The van der Waals surface area contributed by atoms with E-state index in [2.05, 4.69) is 27.4 Å². The second-order valence-corrected chi connectivity index (χ2v) is 7.66. The van der Waals surface area contributed by atoms with Gasteiger partial charge in [-0.1, -0.05) is 30.3 Å². The van der Waals surface area contributed by atoms with Gasteiger partial charge in [0.25, 0.3) is 5.91 Å². The molecule has 1 amide bonds. The van der Waals surface area contributed by atoms with E-state index in [1.807, 2.05) is 55.5 Å². The number of aromatic nitrogens is 2. The Morgan fingerprint density at radius 2 is 1.80 bits per heavy atom. The molecule has 1 N–H and O–H groups in total. The quantitative estimate of drug-likeness (QED) is 0.651. The molecule has 0 radical (unpaired) electrons. The van der Waals surface area contributed by atoms with Gasteiger partial charge in [0.2, 0.25) is 0 Å². The van der Waals surface area contributed by atoms with Crippen LogP contribution in [0.3, 0.4) is 0 Å². The summed E-state index contributed by atoms with van der Waals surface area (Å²) in [5.74, 6) is 0.690.